The molecule has 4 aromatic carbocycles. The Morgan fingerprint density at radius 3 is 2.11 bits per heavy atom. The number of hydrogen-bond donors (Lipinski definition) is 4. The first-order chi connectivity index (χ1) is 17.9. The van der Waals surface area contributed by atoms with Crippen LogP contribution in [-0.4, -0.2) is 9.97 Å². The third-order valence-corrected chi connectivity index (χ3v) is 5.61. The van der Waals surface area contributed by atoms with Crippen LogP contribution in [0.1, 0.15) is 31.4 Å². The Balaban J connectivity index is 0.00000102. The van der Waals surface area contributed by atoms with Gasteiger partial charge >= 0.3 is 0 Å². The van der Waals surface area contributed by atoms with Gasteiger partial charge in [-0.05, 0) is 103 Å². The maximum absolute atomic E-state index is 6.02. The zero-order valence-electron chi connectivity index (χ0n) is 21.5. The number of aromatic amines is 1. The van der Waals surface area contributed by atoms with E-state index >= 15 is 0 Å². The summed E-state index contributed by atoms with van der Waals surface area (Å²) in [7, 11) is 0. The Kier molecular flexibility index (Phi) is 7.79. The molecule has 0 radical (unpaired) electrons. The second-order valence-corrected chi connectivity index (χ2v) is 8.90. The molecule has 37 heavy (non-hydrogen) atoms. The molecule has 1 aromatic heterocycles. The van der Waals surface area contributed by atoms with Gasteiger partial charge in [-0.15, -0.1) is 0 Å². The summed E-state index contributed by atoms with van der Waals surface area (Å²) in [5.41, 5.74) is 19.7. The number of nitrogens with two attached hydrogens (primary N) is 2. The lowest BCUT2D eigenvalue weighted by Crippen LogP contribution is -2.00. The summed E-state index contributed by atoms with van der Waals surface area (Å²) in [6.07, 6.45) is 1.25. The summed E-state index contributed by atoms with van der Waals surface area (Å²) in [5, 5.41) is 3.35. The molecule has 1 heterocycles. The molecule has 0 aliphatic rings. The molecular formula is C31H33N5O. The van der Waals surface area contributed by atoms with Gasteiger partial charge in [-0.2, -0.15) is 0 Å². The molecule has 6 heteroatoms. The summed E-state index contributed by atoms with van der Waals surface area (Å²) in [6, 6.07) is 27.0. The van der Waals surface area contributed by atoms with Crippen molar-refractivity contribution < 1.29 is 4.74 Å². The summed E-state index contributed by atoms with van der Waals surface area (Å²) in [5.74, 6) is 2.28. The van der Waals surface area contributed by atoms with Gasteiger partial charge in [0.05, 0.1) is 11.0 Å². The molecule has 0 aliphatic heterocycles. The Hall–Kier alpha value is -4.71. The summed E-state index contributed by atoms with van der Waals surface area (Å²) >= 11 is 0. The highest BCUT2D eigenvalue weighted by molar-refractivity contribution is 5.82. The van der Waals surface area contributed by atoms with Crippen molar-refractivity contribution in [2.24, 2.45) is 0 Å². The average Bonchev–Trinajstić information content (AvgIpc) is 3.30. The first kappa shape index (κ1) is 25.4. The molecule has 0 spiro atoms. The zero-order valence-corrected chi connectivity index (χ0v) is 21.5. The van der Waals surface area contributed by atoms with Gasteiger partial charge in [0.15, 0.2) is 0 Å². The number of fused-ring (bicyclic) bond motifs is 1. The minimum atomic E-state index is 0.706. The van der Waals surface area contributed by atoms with E-state index in [4.69, 9.17) is 16.2 Å². The average molecular weight is 492 g/mol. The summed E-state index contributed by atoms with van der Waals surface area (Å²) < 4.78 is 6.02. The van der Waals surface area contributed by atoms with Gasteiger partial charge in [-0.1, -0.05) is 26.8 Å². The van der Waals surface area contributed by atoms with Crippen molar-refractivity contribution in [1.82, 2.24) is 9.97 Å². The van der Waals surface area contributed by atoms with Crippen LogP contribution in [0.4, 0.5) is 17.1 Å². The van der Waals surface area contributed by atoms with Crippen molar-refractivity contribution in [3.63, 3.8) is 0 Å². The number of imidazole rings is 1. The van der Waals surface area contributed by atoms with E-state index < -0.39 is 0 Å². The number of nitrogen functional groups attached to an aromatic ring is 2. The Morgan fingerprint density at radius 1 is 0.865 bits per heavy atom. The topological polar surface area (TPSA) is 102 Å². The smallest absolute Gasteiger partial charge is 0.138 e. The molecular weight excluding hydrogens is 458 g/mol. The number of nitrogens with one attached hydrogen (secondary N) is 2. The number of rotatable bonds is 6. The van der Waals surface area contributed by atoms with E-state index in [1.807, 2.05) is 91.9 Å². The fourth-order valence-electron chi connectivity index (χ4n) is 3.77. The normalized spacial score (nSPS) is 10.5. The highest BCUT2D eigenvalue weighted by Crippen LogP contribution is 2.28. The van der Waals surface area contributed by atoms with Gasteiger partial charge in [0.1, 0.15) is 17.3 Å². The number of benzene rings is 4. The van der Waals surface area contributed by atoms with E-state index in [-0.39, 0.29) is 0 Å². The van der Waals surface area contributed by atoms with Gasteiger partial charge in [0, 0.05) is 28.3 Å². The van der Waals surface area contributed by atoms with E-state index in [2.05, 4.69) is 35.7 Å². The second-order valence-electron chi connectivity index (χ2n) is 8.90. The molecule has 0 fully saturated rings. The van der Waals surface area contributed by atoms with Crippen LogP contribution in [-0.2, 0) is 0 Å². The largest absolute Gasteiger partial charge is 0.457 e. The van der Waals surface area contributed by atoms with Gasteiger partial charge in [0.25, 0.3) is 0 Å². The zero-order chi connectivity index (χ0) is 26.4. The highest BCUT2D eigenvalue weighted by atomic mass is 16.5. The minimum Gasteiger partial charge on any atom is -0.457 e. The second kappa shape index (κ2) is 11.4. The quantitative estimate of drug-likeness (QED) is 0.180. The third kappa shape index (κ3) is 6.30. The standard InChI is InChI=1S/C28H25N5O.C3H8/c1-17-15-21(29)7-13-25(17)31-18(2)19-3-9-23(10-4-19)34-24-11-5-20(6-12-24)28-32-26-14-8-22(30)16-27(26)33-28;1-3-2/h3-16,31H,2,29-30H2,1H3,(H,32,33);3H2,1-2H3. The van der Waals surface area contributed by atoms with Crippen LogP contribution >= 0.6 is 0 Å². The number of H-pyrrole nitrogens is 1. The first-order valence-corrected chi connectivity index (χ1v) is 12.3. The number of ether oxygens (including phenoxy) is 1. The molecule has 5 aromatic rings. The van der Waals surface area contributed by atoms with Crippen molar-refractivity contribution in [3.8, 4) is 22.9 Å². The SMILES string of the molecule is C=C(Nc1ccc(N)cc1C)c1ccc(Oc2ccc(-c3nc4ccc(N)cc4[nH]3)cc2)cc1.CCC. The van der Waals surface area contributed by atoms with Crippen LogP contribution in [0.25, 0.3) is 28.1 Å². The number of nitrogens with zero attached hydrogens (tertiary/aromatic N) is 1. The van der Waals surface area contributed by atoms with E-state index in [1.165, 1.54) is 6.42 Å². The maximum Gasteiger partial charge on any atom is 0.138 e. The molecule has 0 saturated carbocycles. The fraction of sp³-hybridized carbons (Fsp3) is 0.129. The summed E-state index contributed by atoms with van der Waals surface area (Å²) in [6.45, 7) is 10.4. The lowest BCUT2D eigenvalue weighted by atomic mass is 10.1. The van der Waals surface area contributed by atoms with Crippen LogP contribution in [0.2, 0.25) is 0 Å². The molecule has 0 bridgehead atoms. The Morgan fingerprint density at radius 2 is 1.46 bits per heavy atom. The molecule has 188 valence electrons. The van der Waals surface area contributed by atoms with Crippen molar-refractivity contribution in [2.75, 3.05) is 16.8 Å². The number of anilines is 3. The van der Waals surface area contributed by atoms with Gasteiger partial charge in [-0.25, -0.2) is 4.98 Å². The van der Waals surface area contributed by atoms with Crippen molar-refractivity contribution in [3.05, 3.63) is 103 Å². The van der Waals surface area contributed by atoms with E-state index in [9.17, 15) is 0 Å². The lowest BCUT2D eigenvalue weighted by Gasteiger charge is -2.13. The van der Waals surface area contributed by atoms with Crippen LogP contribution in [0, 0.1) is 6.92 Å². The molecule has 0 amide bonds. The molecule has 0 unspecified atom stereocenters. The van der Waals surface area contributed by atoms with Gasteiger partial charge in [0.2, 0.25) is 0 Å². The van der Waals surface area contributed by atoms with Gasteiger partial charge < -0.3 is 26.5 Å². The first-order valence-electron chi connectivity index (χ1n) is 12.3. The van der Waals surface area contributed by atoms with Crippen LogP contribution < -0.4 is 21.5 Å². The third-order valence-electron chi connectivity index (χ3n) is 5.61. The van der Waals surface area contributed by atoms with E-state index in [1.54, 1.807) is 0 Å². The molecule has 6 nitrogen and oxygen atoms in total. The molecule has 6 N–H and O–H groups in total. The summed E-state index contributed by atoms with van der Waals surface area (Å²) in [4.78, 5) is 7.94. The number of aryl methyl sites for hydroxylation is 1. The number of hydrogen-bond acceptors (Lipinski definition) is 5. The predicted octanol–water partition coefficient (Wildman–Crippen LogP) is 7.99. The van der Waals surface area contributed by atoms with Crippen molar-refractivity contribution in [1.29, 1.82) is 0 Å². The molecule has 5 rings (SSSR count). The van der Waals surface area contributed by atoms with Gasteiger partial charge in [-0.3, -0.25) is 0 Å². The Labute approximate surface area is 218 Å². The van der Waals surface area contributed by atoms with E-state index in [0.29, 0.717) is 5.69 Å². The highest BCUT2D eigenvalue weighted by Gasteiger charge is 2.07. The van der Waals surface area contributed by atoms with Crippen LogP contribution in [0.15, 0.2) is 91.5 Å². The fourth-order valence-corrected chi connectivity index (χ4v) is 3.77. The lowest BCUT2D eigenvalue weighted by molar-refractivity contribution is 0.482. The molecule has 0 atom stereocenters. The molecule has 0 aliphatic carbocycles. The Bertz CT molecular complexity index is 1500. The molecule has 0 saturated heterocycles. The van der Waals surface area contributed by atoms with Crippen molar-refractivity contribution in [2.45, 2.75) is 27.2 Å². The van der Waals surface area contributed by atoms with E-state index in [0.717, 1.165) is 62.1 Å². The maximum atomic E-state index is 6.02. The predicted molar refractivity (Wildman–Crippen MR) is 157 cm³/mol. The number of aromatic nitrogens is 2. The van der Waals surface area contributed by atoms with Crippen LogP contribution in [0.3, 0.4) is 0 Å². The van der Waals surface area contributed by atoms with Crippen LogP contribution in [0.5, 0.6) is 11.5 Å². The van der Waals surface area contributed by atoms with Crippen molar-refractivity contribution >= 4 is 33.8 Å². The minimum absolute atomic E-state index is 0.706. The monoisotopic (exact) mass is 491 g/mol.